The first-order chi connectivity index (χ1) is 18.5. The largest absolute Gasteiger partial charge is 0.381 e. The maximum atomic E-state index is 12.9. The Bertz CT molecular complexity index is 1680. The number of nitrogens with two attached hydrogens (primary N) is 1. The van der Waals surface area contributed by atoms with Gasteiger partial charge in [-0.25, -0.2) is 9.50 Å². The Kier molecular flexibility index (Phi) is 5.73. The second kappa shape index (κ2) is 9.37. The zero-order valence-corrected chi connectivity index (χ0v) is 20.8. The van der Waals surface area contributed by atoms with Crippen LogP contribution in [0.2, 0.25) is 0 Å². The van der Waals surface area contributed by atoms with Crippen LogP contribution >= 0.6 is 0 Å². The van der Waals surface area contributed by atoms with Gasteiger partial charge in [0.25, 0.3) is 0 Å². The Hall–Kier alpha value is -5.17. The maximum Gasteiger partial charge on any atom is 0.242 e. The van der Waals surface area contributed by atoms with Crippen molar-refractivity contribution < 1.29 is 4.79 Å². The molecule has 1 aliphatic heterocycles. The summed E-state index contributed by atoms with van der Waals surface area (Å²) >= 11 is 0. The van der Waals surface area contributed by atoms with Crippen molar-refractivity contribution in [3.8, 4) is 28.3 Å². The molecule has 38 heavy (non-hydrogen) atoms. The molecule has 0 spiro atoms. The fraction of sp³-hybridized carbons (Fsp3) is 0.179. The van der Waals surface area contributed by atoms with Crippen LogP contribution in [-0.4, -0.2) is 54.8 Å². The molecule has 188 valence electrons. The lowest BCUT2D eigenvalue weighted by Gasteiger charge is -2.35. The van der Waals surface area contributed by atoms with Crippen LogP contribution in [0.3, 0.4) is 0 Å². The van der Waals surface area contributed by atoms with E-state index in [0.29, 0.717) is 30.7 Å². The van der Waals surface area contributed by atoms with Gasteiger partial charge in [-0.15, -0.1) is 5.10 Å². The van der Waals surface area contributed by atoms with Gasteiger partial charge >= 0.3 is 0 Å². The molecule has 0 saturated carbocycles. The number of anilines is 2. The molecule has 0 bridgehead atoms. The molecular formula is C28H25N9O. The Morgan fingerprint density at radius 2 is 1.87 bits per heavy atom. The predicted molar refractivity (Wildman–Crippen MR) is 144 cm³/mol. The molecule has 10 heteroatoms. The molecule has 6 rings (SSSR count). The van der Waals surface area contributed by atoms with Gasteiger partial charge in [-0.3, -0.25) is 9.48 Å². The van der Waals surface area contributed by atoms with Gasteiger partial charge in [0.1, 0.15) is 17.5 Å². The number of fused-ring (bicyclic) bond motifs is 1. The molecule has 0 unspecified atom stereocenters. The van der Waals surface area contributed by atoms with Crippen molar-refractivity contribution in [2.75, 3.05) is 30.3 Å². The van der Waals surface area contributed by atoms with E-state index in [1.54, 1.807) is 21.6 Å². The number of hydrogen-bond acceptors (Lipinski definition) is 7. The molecule has 4 aromatic heterocycles. The van der Waals surface area contributed by atoms with Gasteiger partial charge in [-0.1, -0.05) is 30.3 Å². The van der Waals surface area contributed by atoms with Crippen LogP contribution in [0, 0.1) is 11.3 Å². The Balaban J connectivity index is 1.29. The number of aromatic nitrogens is 5. The van der Waals surface area contributed by atoms with Crippen molar-refractivity contribution in [1.82, 2.24) is 29.3 Å². The highest BCUT2D eigenvalue weighted by Gasteiger charge is 2.25. The van der Waals surface area contributed by atoms with Crippen molar-refractivity contribution in [2.45, 2.75) is 6.54 Å². The summed E-state index contributed by atoms with van der Waals surface area (Å²) in [5, 5.41) is 18.4. The zero-order chi connectivity index (χ0) is 26.2. The van der Waals surface area contributed by atoms with E-state index in [-0.39, 0.29) is 18.3 Å². The van der Waals surface area contributed by atoms with Gasteiger partial charge in [0.15, 0.2) is 5.82 Å². The molecule has 1 saturated heterocycles. The number of piperazine rings is 1. The highest BCUT2D eigenvalue weighted by Crippen LogP contribution is 2.34. The number of nitriles is 1. The molecule has 1 fully saturated rings. The molecule has 0 aliphatic carbocycles. The number of nitrogens with zero attached hydrogens (tertiary/aromatic N) is 8. The Morgan fingerprint density at radius 1 is 1.03 bits per heavy atom. The van der Waals surface area contributed by atoms with Crippen molar-refractivity contribution in [2.24, 2.45) is 7.05 Å². The lowest BCUT2D eigenvalue weighted by Crippen LogP contribution is -2.50. The minimum atomic E-state index is 0.0743. The van der Waals surface area contributed by atoms with Crippen LogP contribution in [0.15, 0.2) is 73.3 Å². The van der Waals surface area contributed by atoms with E-state index in [2.05, 4.69) is 16.3 Å². The van der Waals surface area contributed by atoms with E-state index >= 15 is 0 Å². The quantitative estimate of drug-likeness (QED) is 0.391. The van der Waals surface area contributed by atoms with E-state index in [1.807, 2.05) is 77.8 Å². The van der Waals surface area contributed by atoms with Crippen molar-refractivity contribution in [3.05, 3.63) is 84.4 Å². The second-order valence-corrected chi connectivity index (χ2v) is 9.34. The highest BCUT2D eigenvalue weighted by atomic mass is 16.2. The number of aryl methyl sites for hydroxylation is 1. The first kappa shape index (κ1) is 23.2. The third-order valence-corrected chi connectivity index (χ3v) is 6.82. The second-order valence-electron chi connectivity index (χ2n) is 9.34. The summed E-state index contributed by atoms with van der Waals surface area (Å²) in [4.78, 5) is 21.4. The first-order valence-corrected chi connectivity index (χ1v) is 12.2. The standard InChI is InChI=1S/C28H25N9O/c1-34-16-22(14-32-34)21-11-23(27-24(12-29)28(30)33-37(27)17-21)20-7-8-25(31-13-20)35-9-10-36(26(38)18-35)15-19-5-3-2-4-6-19/h2-8,11,13-14,16-17H,9-10,15,18H2,1H3,(H2,30,33). The van der Waals surface area contributed by atoms with Gasteiger partial charge in [0, 0.05) is 67.5 Å². The predicted octanol–water partition coefficient (Wildman–Crippen LogP) is 3.10. The number of rotatable bonds is 5. The molecule has 0 radical (unpaired) electrons. The van der Waals surface area contributed by atoms with Crippen molar-refractivity contribution in [3.63, 3.8) is 0 Å². The van der Waals surface area contributed by atoms with Crippen LogP contribution < -0.4 is 10.6 Å². The smallest absolute Gasteiger partial charge is 0.242 e. The number of hydrogen-bond donors (Lipinski definition) is 1. The highest BCUT2D eigenvalue weighted by molar-refractivity contribution is 5.90. The first-order valence-electron chi connectivity index (χ1n) is 12.2. The van der Waals surface area contributed by atoms with E-state index < -0.39 is 0 Å². The van der Waals surface area contributed by atoms with Crippen LogP contribution in [0.25, 0.3) is 27.8 Å². The third kappa shape index (κ3) is 4.20. The minimum Gasteiger partial charge on any atom is -0.381 e. The van der Waals surface area contributed by atoms with Crippen molar-refractivity contribution in [1.29, 1.82) is 5.26 Å². The lowest BCUT2D eigenvalue weighted by molar-refractivity contribution is -0.131. The van der Waals surface area contributed by atoms with Gasteiger partial charge in [-0.05, 0) is 23.8 Å². The number of amides is 1. The van der Waals surface area contributed by atoms with E-state index in [1.165, 1.54) is 0 Å². The van der Waals surface area contributed by atoms with E-state index in [0.717, 1.165) is 33.6 Å². The van der Waals surface area contributed by atoms with Crippen LogP contribution in [0.1, 0.15) is 11.1 Å². The molecule has 1 aliphatic rings. The molecule has 0 atom stereocenters. The molecule has 10 nitrogen and oxygen atoms in total. The van der Waals surface area contributed by atoms with Gasteiger partial charge in [-0.2, -0.15) is 10.4 Å². The third-order valence-electron chi connectivity index (χ3n) is 6.82. The fourth-order valence-corrected chi connectivity index (χ4v) is 4.86. The Morgan fingerprint density at radius 3 is 2.55 bits per heavy atom. The summed E-state index contributed by atoms with van der Waals surface area (Å²) in [6, 6.07) is 18.1. The molecule has 1 amide bonds. The minimum absolute atomic E-state index is 0.0743. The van der Waals surface area contributed by atoms with Crippen LogP contribution in [-0.2, 0) is 18.4 Å². The van der Waals surface area contributed by atoms with Crippen molar-refractivity contribution >= 4 is 23.1 Å². The number of benzene rings is 1. The molecule has 5 aromatic rings. The summed E-state index contributed by atoms with van der Waals surface area (Å²) in [5.74, 6) is 0.980. The summed E-state index contributed by atoms with van der Waals surface area (Å²) in [6.07, 6.45) is 7.30. The lowest BCUT2D eigenvalue weighted by atomic mass is 10.0. The average Bonchev–Trinajstić information content (AvgIpc) is 3.51. The average molecular weight is 504 g/mol. The van der Waals surface area contributed by atoms with Crippen LogP contribution in [0.5, 0.6) is 0 Å². The SMILES string of the molecule is Cn1cc(-c2cc(-c3ccc(N4CCN(Cc5ccccc5)C(=O)C4)nc3)c3c(C#N)c(N)nn3c2)cn1. The molecular weight excluding hydrogens is 478 g/mol. The van der Waals surface area contributed by atoms with Gasteiger partial charge < -0.3 is 15.5 Å². The molecule has 1 aromatic carbocycles. The van der Waals surface area contributed by atoms with Gasteiger partial charge in [0.05, 0.1) is 18.3 Å². The number of pyridine rings is 2. The number of nitrogen functional groups attached to an aromatic ring is 1. The topological polar surface area (TPSA) is 121 Å². The maximum absolute atomic E-state index is 12.9. The molecule has 2 N–H and O–H groups in total. The fourth-order valence-electron chi connectivity index (χ4n) is 4.86. The van der Waals surface area contributed by atoms with E-state index in [4.69, 9.17) is 10.7 Å². The summed E-state index contributed by atoms with van der Waals surface area (Å²) in [6.45, 7) is 2.21. The number of carbonyl (C=O) groups is 1. The Labute approximate surface area is 219 Å². The zero-order valence-electron chi connectivity index (χ0n) is 20.8. The summed E-state index contributed by atoms with van der Waals surface area (Å²) < 4.78 is 3.37. The van der Waals surface area contributed by atoms with E-state index in [9.17, 15) is 10.1 Å². The normalized spacial score (nSPS) is 13.7. The number of carbonyl (C=O) groups excluding carboxylic acids is 1. The van der Waals surface area contributed by atoms with Gasteiger partial charge in [0.2, 0.25) is 5.91 Å². The van der Waals surface area contributed by atoms with Crippen LogP contribution in [0.4, 0.5) is 11.6 Å². The summed E-state index contributed by atoms with van der Waals surface area (Å²) in [5.41, 5.74) is 11.5. The monoisotopic (exact) mass is 503 g/mol. The molecule has 5 heterocycles. The summed E-state index contributed by atoms with van der Waals surface area (Å²) in [7, 11) is 1.86.